The Balaban J connectivity index is 1.87. The lowest BCUT2D eigenvalue weighted by molar-refractivity contribution is -0.117. The fourth-order valence-electron chi connectivity index (χ4n) is 4.08. The third kappa shape index (κ3) is 6.64. The Morgan fingerprint density at radius 3 is 2.38 bits per heavy atom. The predicted molar refractivity (Wildman–Crippen MR) is 148 cm³/mol. The summed E-state index contributed by atoms with van der Waals surface area (Å²) in [5.74, 6) is -4.34. The Labute approximate surface area is 242 Å². The van der Waals surface area contributed by atoms with Gasteiger partial charge in [-0.1, -0.05) is 41.7 Å². The second kappa shape index (κ2) is 12.1. The van der Waals surface area contributed by atoms with Crippen molar-refractivity contribution in [3.05, 3.63) is 104 Å². The minimum atomic E-state index is -0.791. The van der Waals surface area contributed by atoms with Gasteiger partial charge in [0.2, 0.25) is 5.82 Å². The molecule has 206 valence electrons. The van der Waals surface area contributed by atoms with Gasteiger partial charge in [0.15, 0.2) is 5.82 Å². The molecule has 0 aliphatic rings. The fraction of sp³-hybridized carbons (Fsp3) is 0.148. The van der Waals surface area contributed by atoms with Crippen molar-refractivity contribution in [3.8, 4) is 0 Å². The average Bonchev–Trinajstić information content (AvgIpc) is 3.21. The molecule has 0 aliphatic carbocycles. The van der Waals surface area contributed by atoms with Crippen LogP contribution in [0.2, 0.25) is 15.2 Å². The third-order valence-electron chi connectivity index (χ3n) is 5.77. The molecule has 2 amide bonds. The number of pyridine rings is 1. The van der Waals surface area contributed by atoms with Crippen molar-refractivity contribution < 1.29 is 23.2 Å². The zero-order valence-electron chi connectivity index (χ0n) is 20.9. The van der Waals surface area contributed by atoms with Gasteiger partial charge in [-0.05, 0) is 61.0 Å². The zero-order valence-corrected chi connectivity index (χ0v) is 23.2. The van der Waals surface area contributed by atoms with E-state index in [0.29, 0.717) is 11.3 Å². The molecule has 0 saturated carbocycles. The van der Waals surface area contributed by atoms with Crippen LogP contribution in [0, 0.1) is 11.6 Å². The van der Waals surface area contributed by atoms with Crippen LogP contribution in [0.4, 0.5) is 20.3 Å². The molecule has 0 aliphatic heterocycles. The van der Waals surface area contributed by atoms with E-state index in [2.05, 4.69) is 20.6 Å². The third-order valence-corrected chi connectivity index (χ3v) is 6.54. The van der Waals surface area contributed by atoms with Crippen molar-refractivity contribution in [1.82, 2.24) is 14.5 Å². The van der Waals surface area contributed by atoms with E-state index in [9.17, 15) is 23.2 Å². The fourth-order valence-corrected chi connectivity index (χ4v) is 4.75. The number of halogens is 5. The molecule has 4 aromatic rings. The van der Waals surface area contributed by atoms with Crippen LogP contribution >= 0.6 is 34.8 Å². The molecule has 2 aromatic heterocycles. The molecule has 0 fully saturated rings. The van der Waals surface area contributed by atoms with Crippen LogP contribution in [0.15, 0.2) is 54.7 Å². The number of Topliss-reactive ketones (excluding diaryl/α,β-unsaturated/α-hetero) is 1. The van der Waals surface area contributed by atoms with Gasteiger partial charge in [0.25, 0.3) is 11.8 Å². The second-order valence-electron chi connectivity index (χ2n) is 8.78. The van der Waals surface area contributed by atoms with E-state index in [1.165, 1.54) is 54.1 Å². The molecule has 0 bridgehead atoms. The van der Waals surface area contributed by atoms with Crippen molar-refractivity contribution in [3.63, 3.8) is 0 Å². The minimum Gasteiger partial charge on any atom is -0.319 e. The van der Waals surface area contributed by atoms with Gasteiger partial charge >= 0.3 is 0 Å². The van der Waals surface area contributed by atoms with Crippen LogP contribution in [-0.4, -0.2) is 32.1 Å². The molecule has 8 nitrogen and oxygen atoms in total. The normalized spacial score (nSPS) is 11.7. The lowest BCUT2D eigenvalue weighted by atomic mass is 9.96. The molecule has 40 heavy (non-hydrogen) atoms. The van der Waals surface area contributed by atoms with E-state index in [-0.39, 0.29) is 50.4 Å². The zero-order chi connectivity index (χ0) is 29.1. The van der Waals surface area contributed by atoms with Gasteiger partial charge in [-0.25, -0.2) is 18.7 Å². The molecule has 13 heteroatoms. The van der Waals surface area contributed by atoms with Gasteiger partial charge in [-0.15, -0.1) is 0 Å². The Morgan fingerprint density at radius 2 is 1.70 bits per heavy atom. The number of rotatable bonds is 8. The van der Waals surface area contributed by atoms with Gasteiger partial charge in [0.1, 0.15) is 22.6 Å². The van der Waals surface area contributed by atoms with Crippen LogP contribution in [0.1, 0.15) is 52.0 Å². The number of carbonyl (C=O) groups is 3. The number of hydrogen-bond donors (Lipinski definition) is 2. The van der Waals surface area contributed by atoms with Crippen molar-refractivity contribution in [2.24, 2.45) is 0 Å². The van der Waals surface area contributed by atoms with Gasteiger partial charge in [0.05, 0.1) is 12.2 Å². The molecule has 2 aromatic carbocycles. The number of amides is 2. The van der Waals surface area contributed by atoms with Crippen LogP contribution < -0.4 is 10.6 Å². The number of ketones is 1. The number of nitrogens with zero attached hydrogens (tertiary/aromatic N) is 3. The number of imidazole rings is 1. The lowest BCUT2D eigenvalue weighted by Gasteiger charge is -2.19. The smallest absolute Gasteiger partial charge is 0.291 e. The van der Waals surface area contributed by atoms with E-state index in [0.717, 1.165) is 12.1 Å². The Morgan fingerprint density at radius 1 is 0.950 bits per heavy atom. The van der Waals surface area contributed by atoms with Crippen LogP contribution in [0.25, 0.3) is 0 Å². The molecular weight excluding hydrogens is 587 g/mol. The van der Waals surface area contributed by atoms with Gasteiger partial charge < -0.3 is 15.2 Å². The molecule has 0 radical (unpaired) electrons. The van der Waals surface area contributed by atoms with Gasteiger partial charge in [-0.2, -0.15) is 0 Å². The van der Waals surface area contributed by atoms with Gasteiger partial charge in [0, 0.05) is 33.4 Å². The Kier molecular flexibility index (Phi) is 8.82. The van der Waals surface area contributed by atoms with E-state index < -0.39 is 29.4 Å². The second-order valence-corrected chi connectivity index (χ2v) is 10.0. The first-order chi connectivity index (χ1) is 18.9. The summed E-state index contributed by atoms with van der Waals surface area (Å²) in [6, 6.07) is 9.91. The number of anilines is 2. The lowest BCUT2D eigenvalue weighted by Crippen LogP contribution is -2.22. The molecule has 4 rings (SSSR count). The highest BCUT2D eigenvalue weighted by Crippen LogP contribution is 2.36. The molecule has 1 atom stereocenters. The van der Waals surface area contributed by atoms with E-state index in [1.54, 1.807) is 6.92 Å². The monoisotopic (exact) mass is 605 g/mol. The molecule has 0 saturated heterocycles. The Bertz CT molecular complexity index is 1620. The minimum absolute atomic E-state index is 0.0107. The van der Waals surface area contributed by atoms with E-state index >= 15 is 0 Å². The van der Waals surface area contributed by atoms with Crippen molar-refractivity contribution in [2.75, 3.05) is 10.6 Å². The summed E-state index contributed by atoms with van der Waals surface area (Å²) in [6.07, 6.45) is 1.38. The molecule has 0 spiro atoms. The number of aromatic nitrogens is 3. The average molecular weight is 607 g/mol. The molecule has 2 N–H and O–H groups in total. The summed E-state index contributed by atoms with van der Waals surface area (Å²) in [7, 11) is 0. The first-order valence-corrected chi connectivity index (χ1v) is 12.8. The van der Waals surface area contributed by atoms with Crippen LogP contribution in [-0.2, 0) is 11.3 Å². The maximum atomic E-state index is 14.2. The first kappa shape index (κ1) is 29.1. The first-order valence-electron chi connectivity index (χ1n) is 11.7. The molecular formula is C27H20Cl3F2N5O3. The van der Waals surface area contributed by atoms with Crippen LogP contribution in [0.5, 0.6) is 0 Å². The highest BCUT2D eigenvalue weighted by molar-refractivity contribution is 6.31. The highest BCUT2D eigenvalue weighted by atomic mass is 35.5. The van der Waals surface area contributed by atoms with E-state index in [1.807, 2.05) is 0 Å². The van der Waals surface area contributed by atoms with E-state index in [4.69, 9.17) is 34.8 Å². The topological polar surface area (TPSA) is 106 Å². The number of nitrogens with one attached hydrogen (secondary N) is 2. The maximum absolute atomic E-state index is 14.2. The summed E-state index contributed by atoms with van der Waals surface area (Å²) >= 11 is 18.2. The van der Waals surface area contributed by atoms with Gasteiger partial charge in [-0.3, -0.25) is 14.4 Å². The summed E-state index contributed by atoms with van der Waals surface area (Å²) < 4.78 is 29.5. The standard InChI is InChI=1S/C27H20Cl3F2N5O3/c1-13(38)12-37-23(14(2)20-10-17(31)3-4-21(20)29)24(36-26(39)15-7-16(28)9-18(32)8-15)35-25(37)27(40)34-19-5-6-33-22(30)11-19/h3-11,14H,12H2,1-2H3,(H,36,39)(H,33,34,40)/t14-/m0/s1. The summed E-state index contributed by atoms with van der Waals surface area (Å²) in [5, 5.41) is 5.52. The maximum Gasteiger partial charge on any atom is 0.291 e. The Hall–Kier alpha value is -3.86. The number of carbonyl (C=O) groups excluding carboxylic acids is 3. The SMILES string of the molecule is CC(=O)Cn1c(C(=O)Nc2ccnc(Cl)c2)nc(NC(=O)c2cc(F)cc(Cl)c2)c1[C@@H](C)c1cc(F)ccc1Cl. The van der Waals surface area contributed by atoms with Crippen molar-refractivity contribution >= 4 is 63.9 Å². The van der Waals surface area contributed by atoms with Crippen LogP contribution in [0.3, 0.4) is 0 Å². The predicted octanol–water partition coefficient (Wildman–Crippen LogP) is 6.76. The highest BCUT2D eigenvalue weighted by Gasteiger charge is 2.29. The molecule has 2 heterocycles. The molecule has 0 unspecified atom stereocenters. The quantitative estimate of drug-likeness (QED) is 0.216. The summed E-state index contributed by atoms with van der Waals surface area (Å²) in [5.41, 5.74) is 0.663. The largest absolute Gasteiger partial charge is 0.319 e. The summed E-state index contributed by atoms with van der Waals surface area (Å²) in [6.45, 7) is 2.63. The van der Waals surface area contributed by atoms with Crippen molar-refractivity contribution in [1.29, 1.82) is 0 Å². The summed E-state index contributed by atoms with van der Waals surface area (Å²) in [4.78, 5) is 47.0. The van der Waals surface area contributed by atoms with Crippen molar-refractivity contribution in [2.45, 2.75) is 26.3 Å². The number of benzene rings is 2. The number of hydrogen-bond acceptors (Lipinski definition) is 5.